The number of amides is 1. The number of benzene rings is 1. The van der Waals surface area contributed by atoms with Crippen LogP contribution in [0.3, 0.4) is 0 Å². The summed E-state index contributed by atoms with van der Waals surface area (Å²) in [7, 11) is 1.81. The van der Waals surface area contributed by atoms with Crippen LogP contribution in [0.2, 0.25) is 0 Å². The molecule has 3 nitrogen and oxygen atoms in total. The lowest BCUT2D eigenvalue weighted by Gasteiger charge is -2.22. The fourth-order valence-corrected chi connectivity index (χ4v) is 1.75. The van der Waals surface area contributed by atoms with Gasteiger partial charge in [0.15, 0.2) is 0 Å². The zero-order chi connectivity index (χ0) is 13.8. The van der Waals surface area contributed by atoms with E-state index < -0.39 is 0 Å². The molecule has 3 heteroatoms. The van der Waals surface area contributed by atoms with Crippen LogP contribution in [0.25, 0.3) is 0 Å². The second-order valence-electron chi connectivity index (χ2n) is 5.64. The highest BCUT2D eigenvalue weighted by atomic mass is 16.2. The number of rotatable bonds is 4. The van der Waals surface area contributed by atoms with Gasteiger partial charge >= 0.3 is 0 Å². The van der Waals surface area contributed by atoms with Gasteiger partial charge in [0.1, 0.15) is 0 Å². The molecular weight excluding hydrogens is 224 g/mol. The van der Waals surface area contributed by atoms with Crippen molar-refractivity contribution in [2.24, 2.45) is 5.73 Å². The van der Waals surface area contributed by atoms with Gasteiger partial charge in [0.25, 0.3) is 0 Å². The topological polar surface area (TPSA) is 46.3 Å². The summed E-state index contributed by atoms with van der Waals surface area (Å²) in [6.07, 6.45) is 1.25. The van der Waals surface area contributed by atoms with Crippen LogP contribution >= 0.6 is 0 Å². The predicted octanol–water partition coefficient (Wildman–Crippen LogP) is 2.69. The number of hydrogen-bond donors (Lipinski definition) is 1. The summed E-state index contributed by atoms with van der Waals surface area (Å²) >= 11 is 0. The lowest BCUT2D eigenvalue weighted by molar-refractivity contribution is -0.118. The van der Waals surface area contributed by atoms with Crippen LogP contribution in [0.5, 0.6) is 0 Å². The van der Waals surface area contributed by atoms with E-state index in [1.807, 2.05) is 19.2 Å². The van der Waals surface area contributed by atoms with Crippen LogP contribution in [0.4, 0.5) is 5.69 Å². The number of carbonyl (C=O) groups is 1. The summed E-state index contributed by atoms with van der Waals surface area (Å²) in [6, 6.07) is 8.17. The molecule has 2 N–H and O–H groups in total. The minimum Gasteiger partial charge on any atom is -0.330 e. The number of carbonyl (C=O) groups excluding carboxylic acids is 1. The fourth-order valence-electron chi connectivity index (χ4n) is 1.75. The first-order valence-electron chi connectivity index (χ1n) is 6.43. The van der Waals surface area contributed by atoms with Gasteiger partial charge in [0.2, 0.25) is 5.91 Å². The third-order valence-corrected chi connectivity index (χ3v) is 3.09. The highest BCUT2D eigenvalue weighted by molar-refractivity contribution is 5.92. The molecule has 0 aliphatic carbocycles. The SMILES string of the molecule is CN(C(=O)CCCN)c1ccc(C(C)(C)C)cc1. The quantitative estimate of drug-likeness (QED) is 0.890. The van der Waals surface area contributed by atoms with E-state index in [0.29, 0.717) is 13.0 Å². The summed E-state index contributed by atoms with van der Waals surface area (Å²) in [5, 5.41) is 0. The van der Waals surface area contributed by atoms with Crippen molar-refractivity contribution < 1.29 is 4.79 Å². The second-order valence-corrected chi connectivity index (χ2v) is 5.64. The lowest BCUT2D eigenvalue weighted by atomic mass is 9.87. The Labute approximate surface area is 110 Å². The molecule has 0 aromatic heterocycles. The summed E-state index contributed by atoms with van der Waals surface area (Å²) in [5.74, 6) is 0.115. The molecule has 0 unspecified atom stereocenters. The van der Waals surface area contributed by atoms with Gasteiger partial charge in [-0.25, -0.2) is 0 Å². The van der Waals surface area contributed by atoms with Crippen molar-refractivity contribution in [3.63, 3.8) is 0 Å². The molecule has 0 bridgehead atoms. The molecule has 0 heterocycles. The fraction of sp³-hybridized carbons (Fsp3) is 0.533. The van der Waals surface area contributed by atoms with Gasteiger partial charge in [0, 0.05) is 19.2 Å². The molecule has 0 fully saturated rings. The van der Waals surface area contributed by atoms with Crippen LogP contribution in [0, 0.1) is 0 Å². The molecule has 0 saturated heterocycles. The summed E-state index contributed by atoms with van der Waals surface area (Å²) in [5.41, 5.74) is 7.76. The maximum Gasteiger partial charge on any atom is 0.226 e. The predicted molar refractivity (Wildman–Crippen MR) is 76.8 cm³/mol. The number of nitrogens with two attached hydrogens (primary N) is 1. The monoisotopic (exact) mass is 248 g/mol. The molecule has 0 saturated carbocycles. The van der Waals surface area contributed by atoms with Gasteiger partial charge in [0.05, 0.1) is 0 Å². The Morgan fingerprint density at radius 2 is 1.78 bits per heavy atom. The molecule has 1 aromatic rings. The van der Waals surface area contributed by atoms with Gasteiger partial charge in [-0.2, -0.15) is 0 Å². The first kappa shape index (κ1) is 14.7. The molecular formula is C15H24N2O. The molecule has 0 atom stereocenters. The van der Waals surface area contributed by atoms with Crippen LogP contribution in [-0.2, 0) is 10.2 Å². The first-order valence-corrected chi connectivity index (χ1v) is 6.43. The van der Waals surface area contributed by atoms with Gasteiger partial charge in [-0.3, -0.25) is 4.79 Å². The molecule has 0 aliphatic heterocycles. The van der Waals surface area contributed by atoms with E-state index in [2.05, 4.69) is 32.9 Å². The Balaban J connectivity index is 2.76. The molecule has 1 aromatic carbocycles. The normalized spacial score (nSPS) is 11.4. The van der Waals surface area contributed by atoms with E-state index >= 15 is 0 Å². The van der Waals surface area contributed by atoms with Gasteiger partial charge < -0.3 is 10.6 Å². The van der Waals surface area contributed by atoms with Crippen molar-refractivity contribution in [2.45, 2.75) is 39.0 Å². The Morgan fingerprint density at radius 1 is 1.22 bits per heavy atom. The molecule has 0 radical (unpaired) electrons. The zero-order valence-corrected chi connectivity index (χ0v) is 11.9. The van der Waals surface area contributed by atoms with Crippen molar-refractivity contribution >= 4 is 11.6 Å². The highest BCUT2D eigenvalue weighted by Gasteiger charge is 2.15. The Bertz CT molecular complexity index is 390. The van der Waals surface area contributed by atoms with Crippen molar-refractivity contribution in [2.75, 3.05) is 18.5 Å². The first-order chi connectivity index (χ1) is 8.36. The van der Waals surface area contributed by atoms with Crippen LogP contribution in [0.1, 0.15) is 39.2 Å². The third kappa shape index (κ3) is 3.84. The van der Waals surface area contributed by atoms with Crippen molar-refractivity contribution in [1.29, 1.82) is 0 Å². The van der Waals surface area contributed by atoms with E-state index in [4.69, 9.17) is 5.73 Å². The lowest BCUT2D eigenvalue weighted by Crippen LogP contribution is -2.26. The molecule has 1 rings (SSSR count). The summed E-state index contributed by atoms with van der Waals surface area (Å²) in [6.45, 7) is 7.09. The van der Waals surface area contributed by atoms with Gasteiger partial charge in [-0.05, 0) is 36.1 Å². The average Bonchev–Trinajstić information content (AvgIpc) is 2.34. The van der Waals surface area contributed by atoms with E-state index in [1.165, 1.54) is 5.56 Å². The Kier molecular flexibility index (Phi) is 4.91. The van der Waals surface area contributed by atoms with Crippen LogP contribution in [-0.4, -0.2) is 19.5 Å². The maximum absolute atomic E-state index is 11.9. The molecule has 1 amide bonds. The van der Waals surface area contributed by atoms with E-state index in [9.17, 15) is 4.79 Å². The Hall–Kier alpha value is -1.35. The second kappa shape index (κ2) is 6.01. The van der Waals surface area contributed by atoms with E-state index in [-0.39, 0.29) is 11.3 Å². The van der Waals surface area contributed by atoms with Gasteiger partial charge in [-0.15, -0.1) is 0 Å². The molecule has 18 heavy (non-hydrogen) atoms. The summed E-state index contributed by atoms with van der Waals surface area (Å²) in [4.78, 5) is 13.6. The molecule has 0 aliphatic rings. The zero-order valence-electron chi connectivity index (χ0n) is 11.9. The third-order valence-electron chi connectivity index (χ3n) is 3.09. The van der Waals surface area contributed by atoms with Crippen LogP contribution in [0.15, 0.2) is 24.3 Å². The Morgan fingerprint density at radius 3 is 2.22 bits per heavy atom. The highest BCUT2D eigenvalue weighted by Crippen LogP contribution is 2.24. The van der Waals surface area contributed by atoms with Gasteiger partial charge in [-0.1, -0.05) is 32.9 Å². The van der Waals surface area contributed by atoms with Crippen molar-refractivity contribution in [3.05, 3.63) is 29.8 Å². The molecule has 0 spiro atoms. The standard InChI is InChI=1S/C15H24N2O/c1-15(2,3)12-7-9-13(10-8-12)17(4)14(18)6-5-11-16/h7-10H,5-6,11,16H2,1-4H3. The van der Waals surface area contributed by atoms with Crippen LogP contribution < -0.4 is 10.6 Å². The largest absolute Gasteiger partial charge is 0.330 e. The molecule has 100 valence electrons. The van der Waals surface area contributed by atoms with E-state index in [1.54, 1.807) is 4.90 Å². The number of hydrogen-bond acceptors (Lipinski definition) is 2. The number of anilines is 1. The van der Waals surface area contributed by atoms with Crippen molar-refractivity contribution in [1.82, 2.24) is 0 Å². The minimum absolute atomic E-state index is 0.115. The van der Waals surface area contributed by atoms with E-state index in [0.717, 1.165) is 12.1 Å². The number of nitrogens with zero attached hydrogens (tertiary/aromatic N) is 1. The average molecular weight is 248 g/mol. The van der Waals surface area contributed by atoms with Crippen molar-refractivity contribution in [3.8, 4) is 0 Å². The summed E-state index contributed by atoms with van der Waals surface area (Å²) < 4.78 is 0. The smallest absolute Gasteiger partial charge is 0.226 e. The minimum atomic E-state index is 0.115. The maximum atomic E-state index is 11.9.